The van der Waals surface area contributed by atoms with Crippen LogP contribution in [-0.2, 0) is 24.0 Å². The molecule has 3 N–H and O–H groups in total. The summed E-state index contributed by atoms with van der Waals surface area (Å²) in [5, 5.41) is 14.3. The number of aliphatic carboxylic acids is 1. The fourth-order valence-corrected chi connectivity index (χ4v) is 7.71. The third kappa shape index (κ3) is 9.48. The Morgan fingerprint density at radius 3 is 2.30 bits per heavy atom. The number of para-hydroxylation sites is 1. The van der Waals surface area contributed by atoms with Crippen molar-refractivity contribution in [3.63, 3.8) is 0 Å². The lowest BCUT2D eigenvalue weighted by molar-refractivity contribution is -0.137. The summed E-state index contributed by atoms with van der Waals surface area (Å²) in [6.07, 6.45) is 6.19. The van der Waals surface area contributed by atoms with E-state index in [0.29, 0.717) is 82.9 Å². The number of nitrogens with one attached hydrogen (secondary N) is 2. The van der Waals surface area contributed by atoms with Crippen LogP contribution in [0.2, 0.25) is 0 Å². The van der Waals surface area contributed by atoms with Crippen molar-refractivity contribution in [3.05, 3.63) is 78.4 Å². The molecule has 12 heteroatoms. The van der Waals surface area contributed by atoms with E-state index >= 15 is 0 Å². The van der Waals surface area contributed by atoms with Gasteiger partial charge < -0.3 is 20.5 Å². The van der Waals surface area contributed by atoms with Gasteiger partial charge in [-0.3, -0.25) is 28.9 Å². The Kier molecular flexibility index (Phi) is 14.4. The summed E-state index contributed by atoms with van der Waals surface area (Å²) in [4.78, 5) is 68.7. The number of fused-ring (bicyclic) bond motifs is 1. The largest absolute Gasteiger partial charge is 0.483 e. The van der Waals surface area contributed by atoms with Crippen molar-refractivity contribution < 1.29 is 33.8 Å². The maximum atomic E-state index is 14.4. The van der Waals surface area contributed by atoms with Gasteiger partial charge in [-0.2, -0.15) is 0 Å². The normalized spacial score (nSPS) is 16.3. The Labute approximate surface area is 302 Å². The summed E-state index contributed by atoms with van der Waals surface area (Å²) in [5.41, 5.74) is 0.708. The van der Waals surface area contributed by atoms with E-state index in [1.54, 1.807) is 35.2 Å². The summed E-state index contributed by atoms with van der Waals surface area (Å²) in [5.74, 6) is -1.59. The molecule has 0 fully saturated rings. The molecule has 2 atom stereocenters. The van der Waals surface area contributed by atoms with E-state index in [9.17, 15) is 24.0 Å². The number of amides is 3. The van der Waals surface area contributed by atoms with Gasteiger partial charge in [0.2, 0.25) is 11.8 Å². The van der Waals surface area contributed by atoms with Crippen LogP contribution in [0.25, 0.3) is 0 Å². The molecule has 4 rings (SSSR count). The first kappa shape index (κ1) is 38.5. The number of carboxylic acid groups (broad SMARTS) is 1. The lowest BCUT2D eigenvalue weighted by Gasteiger charge is -2.33. The molecule has 3 amide bonds. The number of anilines is 2. The van der Waals surface area contributed by atoms with Crippen molar-refractivity contribution in [3.8, 4) is 5.75 Å². The second-order valence-electron chi connectivity index (χ2n) is 12.1. The van der Waals surface area contributed by atoms with Crippen molar-refractivity contribution in [2.45, 2.75) is 81.0 Å². The van der Waals surface area contributed by atoms with E-state index in [1.807, 2.05) is 62.6 Å². The number of thiol groups is 1. The average Bonchev–Trinajstić information content (AvgIpc) is 3.21. The van der Waals surface area contributed by atoms with E-state index in [-0.39, 0.29) is 30.0 Å². The minimum Gasteiger partial charge on any atom is -0.483 e. The highest BCUT2D eigenvalue weighted by Gasteiger charge is 2.49. The van der Waals surface area contributed by atoms with E-state index < -0.39 is 23.3 Å². The number of hydrogen-bond donors (Lipinski definition) is 4. The van der Waals surface area contributed by atoms with Crippen LogP contribution in [0.5, 0.6) is 5.75 Å². The number of carbonyl (C=O) groups excluding carboxylic acids is 4. The number of nitrogens with zero attached hydrogens (tertiary/aromatic N) is 1. The molecule has 3 aromatic carbocycles. The molecule has 10 nitrogen and oxygen atoms in total. The molecule has 1 radical (unpaired) electrons. The van der Waals surface area contributed by atoms with Gasteiger partial charge in [0, 0.05) is 23.5 Å². The van der Waals surface area contributed by atoms with Crippen molar-refractivity contribution in [2.24, 2.45) is 5.41 Å². The molecule has 0 saturated carbocycles. The number of hydrogen-bond acceptors (Lipinski definition) is 7. The molecule has 1 heterocycles. The summed E-state index contributed by atoms with van der Waals surface area (Å²) in [6.45, 7) is 3.90. The molecule has 1 unspecified atom stereocenters. The van der Waals surface area contributed by atoms with Crippen LogP contribution in [0, 0.1) is 5.41 Å². The van der Waals surface area contributed by atoms with E-state index in [1.165, 1.54) is 11.8 Å². The van der Waals surface area contributed by atoms with Crippen LogP contribution in [0.4, 0.5) is 11.4 Å². The summed E-state index contributed by atoms with van der Waals surface area (Å²) < 4.78 is 6.07. The van der Waals surface area contributed by atoms with Gasteiger partial charge in [-0.1, -0.05) is 81.6 Å². The molecule has 0 aromatic heterocycles. The molecule has 0 aliphatic carbocycles. The number of carboxylic acids is 1. The molecule has 3 aromatic rings. The van der Waals surface area contributed by atoms with Crippen molar-refractivity contribution >= 4 is 63.7 Å². The highest BCUT2D eigenvalue weighted by Crippen LogP contribution is 2.51. The second-order valence-corrected chi connectivity index (χ2v) is 14.1. The Morgan fingerprint density at radius 1 is 0.960 bits per heavy atom. The summed E-state index contributed by atoms with van der Waals surface area (Å²) in [6, 6.07) is 20.8. The van der Waals surface area contributed by atoms with Gasteiger partial charge in [0.1, 0.15) is 17.2 Å². The number of thioether (sulfide) groups is 1. The fourth-order valence-electron chi connectivity index (χ4n) is 5.90. The molecule has 0 saturated heterocycles. The van der Waals surface area contributed by atoms with Gasteiger partial charge in [-0.05, 0) is 61.8 Å². The van der Waals surface area contributed by atoms with Gasteiger partial charge in [-0.15, -0.1) is 23.5 Å². The summed E-state index contributed by atoms with van der Waals surface area (Å²) >= 11 is 1.78. The predicted octanol–water partition coefficient (Wildman–Crippen LogP) is 7.02. The number of benzene rings is 3. The minimum atomic E-state index is -1.17. The first-order valence-corrected chi connectivity index (χ1v) is 19.1. The van der Waals surface area contributed by atoms with Gasteiger partial charge in [0.05, 0.1) is 10.6 Å². The Morgan fingerprint density at radius 2 is 1.66 bits per heavy atom. The maximum Gasteiger partial charge on any atom is 0.303 e. The minimum absolute atomic E-state index is 0.0802. The zero-order chi connectivity index (χ0) is 36.1. The van der Waals surface area contributed by atoms with Gasteiger partial charge in [-0.25, -0.2) is 0 Å². The average molecular weight is 721 g/mol. The van der Waals surface area contributed by atoms with Crippen LogP contribution in [0.3, 0.4) is 0 Å². The first-order valence-electron chi connectivity index (χ1n) is 17.0. The van der Waals surface area contributed by atoms with Crippen LogP contribution < -0.4 is 20.3 Å². The monoisotopic (exact) mass is 720 g/mol. The van der Waals surface area contributed by atoms with E-state index in [4.69, 9.17) is 9.84 Å². The van der Waals surface area contributed by atoms with E-state index in [2.05, 4.69) is 10.6 Å². The highest BCUT2D eigenvalue weighted by atomic mass is 32.2. The fraction of sp³-hybridized carbons (Fsp3) is 0.395. The van der Waals surface area contributed by atoms with Crippen LogP contribution in [0.1, 0.15) is 76.8 Å². The molecule has 1 aliphatic rings. The Bertz CT molecular complexity index is 1650. The zero-order valence-electron chi connectivity index (χ0n) is 28.8. The molecule has 50 heavy (non-hydrogen) atoms. The standard InChI is InChI=1S/C38H46N3O7S2/c1-4-6-21-38(5-2)36(46)41(27-18-12-8-13-19-27)28-23-31(49-3)29(24-30(28)50-37(38)47)48-25-32(42)40-34(26-16-10-7-11-17-26)35(45)39-22-15-9-14-20-33(43)44/h7-8,10-13,16-19,23-24,34,50H,4-6,9,14-15,20-22,25H2,1-3H3,(H,39,45)(H,40,42)(H,43,44)/t34-,38?/m1/s1. The second kappa shape index (κ2) is 18.6. The molecular weight excluding hydrogens is 675 g/mol. The maximum absolute atomic E-state index is 14.4. The number of ether oxygens (including phenoxy) is 1. The predicted molar refractivity (Wildman–Crippen MR) is 198 cm³/mol. The number of unbranched alkanes of at least 4 members (excludes halogenated alkanes) is 3. The number of rotatable bonds is 18. The molecular formula is C38H46N3O7S2. The zero-order valence-corrected chi connectivity index (χ0v) is 30.5. The van der Waals surface area contributed by atoms with Crippen LogP contribution in [0.15, 0.2) is 82.6 Å². The molecule has 0 bridgehead atoms. The van der Waals surface area contributed by atoms with Gasteiger partial charge in [0.25, 0.3) is 5.91 Å². The third-order valence-electron chi connectivity index (χ3n) is 8.75. The van der Waals surface area contributed by atoms with Crippen molar-refractivity contribution in [1.29, 1.82) is 0 Å². The van der Waals surface area contributed by atoms with Crippen LogP contribution >= 0.6 is 23.5 Å². The Balaban J connectivity index is 1.56. The summed E-state index contributed by atoms with van der Waals surface area (Å²) in [7, 11) is 0. The molecule has 267 valence electrons. The smallest absolute Gasteiger partial charge is 0.303 e. The molecule has 1 aliphatic heterocycles. The number of carbonyl (C=O) groups is 5. The van der Waals surface area contributed by atoms with Gasteiger partial charge >= 0.3 is 5.97 Å². The van der Waals surface area contributed by atoms with Gasteiger partial charge in [0.15, 0.2) is 11.7 Å². The first-order chi connectivity index (χ1) is 24.1. The Hall–Kier alpha value is -4.29. The molecule has 0 spiro atoms. The van der Waals surface area contributed by atoms with E-state index in [0.717, 1.165) is 12.8 Å². The van der Waals surface area contributed by atoms with Crippen molar-refractivity contribution in [1.82, 2.24) is 10.6 Å². The highest BCUT2D eigenvalue weighted by molar-refractivity contribution is 8.14. The van der Waals surface area contributed by atoms with Crippen molar-refractivity contribution in [2.75, 3.05) is 24.3 Å². The van der Waals surface area contributed by atoms with Crippen LogP contribution in [-0.4, -0.2) is 53.3 Å². The quantitative estimate of drug-likeness (QED) is 0.0476. The lowest BCUT2D eigenvalue weighted by atomic mass is 9.79. The third-order valence-corrected chi connectivity index (χ3v) is 10.7. The SMILES string of the molecule is CCCCC1(CC)C(=O)[SH]c2cc(OCC(=O)N[C@@H](C(=O)NCCCCCC(=O)O)c3ccccc3)c(SC)cc2N(c2ccccc2)C1=O. The topological polar surface area (TPSA) is 142 Å². The lowest BCUT2D eigenvalue weighted by Crippen LogP contribution is -2.44.